The van der Waals surface area contributed by atoms with Crippen molar-refractivity contribution in [3.8, 4) is 0 Å². The van der Waals surface area contributed by atoms with Crippen molar-refractivity contribution in [3.63, 3.8) is 0 Å². The minimum Gasteiger partial charge on any atom is -0.338 e. The van der Waals surface area contributed by atoms with E-state index >= 15 is 0 Å². The SMILES string of the molecule is CC.CCCC(C)(C)N(CCC(C)C)C(C)=O. The molecule has 0 radical (unpaired) electrons. The summed E-state index contributed by atoms with van der Waals surface area (Å²) in [5, 5.41) is 0. The van der Waals surface area contributed by atoms with Crippen molar-refractivity contribution in [3.05, 3.63) is 0 Å². The molecule has 0 saturated heterocycles. The van der Waals surface area contributed by atoms with Gasteiger partial charge in [-0.2, -0.15) is 0 Å². The normalized spacial score (nSPS) is 10.9. The van der Waals surface area contributed by atoms with Crippen LogP contribution in [0.3, 0.4) is 0 Å². The molecule has 0 spiro atoms. The lowest BCUT2D eigenvalue weighted by Crippen LogP contribution is -2.47. The zero-order chi connectivity index (χ0) is 14.1. The maximum Gasteiger partial charge on any atom is 0.219 e. The fourth-order valence-corrected chi connectivity index (χ4v) is 2.02. The van der Waals surface area contributed by atoms with Crippen LogP contribution in [-0.2, 0) is 4.79 Å². The summed E-state index contributed by atoms with van der Waals surface area (Å²) in [7, 11) is 0. The molecule has 0 atom stereocenters. The molecule has 104 valence electrons. The minimum absolute atomic E-state index is 0.00940. The average molecular weight is 243 g/mol. The maximum atomic E-state index is 11.6. The molecule has 0 aromatic carbocycles. The first-order valence-corrected chi connectivity index (χ1v) is 7.09. The summed E-state index contributed by atoms with van der Waals surface area (Å²) < 4.78 is 0. The van der Waals surface area contributed by atoms with Crippen molar-refractivity contribution in [2.24, 2.45) is 5.92 Å². The van der Waals surface area contributed by atoms with Crippen LogP contribution in [0.15, 0.2) is 0 Å². The Morgan fingerprint density at radius 2 is 1.71 bits per heavy atom. The van der Waals surface area contributed by atoms with Crippen molar-refractivity contribution < 1.29 is 4.79 Å². The van der Waals surface area contributed by atoms with Crippen molar-refractivity contribution in [2.75, 3.05) is 6.54 Å². The Morgan fingerprint density at radius 1 is 1.24 bits per heavy atom. The van der Waals surface area contributed by atoms with Gasteiger partial charge in [0, 0.05) is 19.0 Å². The standard InChI is InChI=1S/C13H27NO.C2H6/c1-7-9-13(5,6)14(12(4)15)10-8-11(2)3;1-2/h11H,7-10H2,1-6H3;1-2H3. The Bertz CT molecular complexity index is 197. The molecule has 17 heavy (non-hydrogen) atoms. The lowest BCUT2D eigenvalue weighted by atomic mass is 9.95. The van der Waals surface area contributed by atoms with Crippen molar-refractivity contribution >= 4 is 5.91 Å². The summed E-state index contributed by atoms with van der Waals surface area (Å²) in [5.74, 6) is 0.860. The van der Waals surface area contributed by atoms with E-state index in [9.17, 15) is 4.79 Å². The van der Waals surface area contributed by atoms with E-state index in [1.165, 1.54) is 0 Å². The molecule has 0 fully saturated rings. The van der Waals surface area contributed by atoms with Gasteiger partial charge in [-0.25, -0.2) is 0 Å². The molecule has 0 bridgehead atoms. The number of rotatable bonds is 6. The lowest BCUT2D eigenvalue weighted by Gasteiger charge is -2.38. The minimum atomic E-state index is 0.00940. The monoisotopic (exact) mass is 243 g/mol. The van der Waals surface area contributed by atoms with Gasteiger partial charge < -0.3 is 4.90 Å². The van der Waals surface area contributed by atoms with E-state index in [-0.39, 0.29) is 11.4 Å². The molecule has 0 heterocycles. The predicted molar refractivity (Wildman–Crippen MR) is 77.2 cm³/mol. The second kappa shape index (κ2) is 9.49. The Morgan fingerprint density at radius 3 is 2.00 bits per heavy atom. The first-order valence-electron chi connectivity index (χ1n) is 7.09. The fraction of sp³-hybridized carbons (Fsp3) is 0.933. The van der Waals surface area contributed by atoms with Crippen molar-refractivity contribution in [1.29, 1.82) is 0 Å². The molecule has 0 N–H and O–H groups in total. The van der Waals surface area contributed by atoms with Crippen LogP contribution in [0, 0.1) is 5.92 Å². The molecule has 0 aromatic rings. The zero-order valence-corrected chi connectivity index (χ0v) is 13.3. The highest BCUT2D eigenvalue weighted by Gasteiger charge is 2.27. The van der Waals surface area contributed by atoms with Crippen LogP contribution in [0.4, 0.5) is 0 Å². The molecule has 0 rings (SSSR count). The van der Waals surface area contributed by atoms with Gasteiger partial charge in [0.1, 0.15) is 0 Å². The van der Waals surface area contributed by atoms with E-state index in [1.807, 2.05) is 18.7 Å². The summed E-state index contributed by atoms with van der Waals surface area (Å²) in [6, 6.07) is 0. The van der Waals surface area contributed by atoms with Gasteiger partial charge in [-0.1, -0.05) is 41.0 Å². The molecule has 0 saturated carbocycles. The molecular formula is C15H33NO. The third kappa shape index (κ3) is 8.23. The molecular weight excluding hydrogens is 210 g/mol. The molecule has 0 aromatic heterocycles. The molecule has 2 heteroatoms. The van der Waals surface area contributed by atoms with E-state index in [0.29, 0.717) is 5.92 Å². The van der Waals surface area contributed by atoms with Crippen LogP contribution < -0.4 is 0 Å². The van der Waals surface area contributed by atoms with E-state index in [2.05, 4.69) is 34.6 Å². The van der Waals surface area contributed by atoms with E-state index in [4.69, 9.17) is 0 Å². The number of nitrogens with zero attached hydrogens (tertiary/aromatic N) is 1. The highest BCUT2D eigenvalue weighted by Crippen LogP contribution is 2.21. The van der Waals surface area contributed by atoms with Crippen LogP contribution in [0.1, 0.15) is 74.7 Å². The van der Waals surface area contributed by atoms with Gasteiger partial charge in [0.15, 0.2) is 0 Å². The Balaban J connectivity index is 0. The third-order valence-corrected chi connectivity index (χ3v) is 2.90. The van der Waals surface area contributed by atoms with Crippen LogP contribution >= 0.6 is 0 Å². The second-order valence-electron chi connectivity index (χ2n) is 5.42. The summed E-state index contributed by atoms with van der Waals surface area (Å²) in [4.78, 5) is 13.6. The quantitative estimate of drug-likeness (QED) is 0.673. The Kier molecular flexibility index (Phi) is 10.5. The summed E-state index contributed by atoms with van der Waals surface area (Å²) in [6.45, 7) is 17.5. The topological polar surface area (TPSA) is 20.3 Å². The first kappa shape index (κ1) is 18.8. The molecule has 0 aliphatic carbocycles. The number of carbonyl (C=O) groups is 1. The van der Waals surface area contributed by atoms with Gasteiger partial charge >= 0.3 is 0 Å². The predicted octanol–water partition coefficient (Wildman–Crippen LogP) is 4.49. The Labute approximate surface area is 109 Å². The van der Waals surface area contributed by atoms with Crippen LogP contribution in [0.25, 0.3) is 0 Å². The van der Waals surface area contributed by atoms with E-state index in [0.717, 1.165) is 25.8 Å². The largest absolute Gasteiger partial charge is 0.338 e. The van der Waals surface area contributed by atoms with Gasteiger partial charge in [-0.3, -0.25) is 4.79 Å². The average Bonchev–Trinajstić information content (AvgIpc) is 2.19. The Hall–Kier alpha value is -0.530. The highest BCUT2D eigenvalue weighted by molar-refractivity contribution is 5.74. The molecule has 1 amide bonds. The number of carbonyl (C=O) groups excluding carboxylic acids is 1. The molecule has 2 nitrogen and oxygen atoms in total. The third-order valence-electron chi connectivity index (χ3n) is 2.90. The molecule has 0 aliphatic rings. The van der Waals surface area contributed by atoms with E-state index in [1.54, 1.807) is 6.92 Å². The smallest absolute Gasteiger partial charge is 0.219 e. The van der Waals surface area contributed by atoms with Crippen molar-refractivity contribution in [1.82, 2.24) is 4.90 Å². The van der Waals surface area contributed by atoms with Gasteiger partial charge in [0.25, 0.3) is 0 Å². The van der Waals surface area contributed by atoms with Crippen LogP contribution in [0.2, 0.25) is 0 Å². The summed E-state index contributed by atoms with van der Waals surface area (Å²) in [5.41, 5.74) is 0.00940. The van der Waals surface area contributed by atoms with Crippen LogP contribution in [-0.4, -0.2) is 22.9 Å². The molecule has 0 aliphatic heterocycles. The fourth-order valence-electron chi connectivity index (χ4n) is 2.02. The van der Waals surface area contributed by atoms with E-state index < -0.39 is 0 Å². The first-order chi connectivity index (χ1) is 7.81. The van der Waals surface area contributed by atoms with Gasteiger partial charge in [0.05, 0.1) is 0 Å². The highest BCUT2D eigenvalue weighted by atomic mass is 16.2. The summed E-state index contributed by atoms with van der Waals surface area (Å²) >= 11 is 0. The van der Waals surface area contributed by atoms with Gasteiger partial charge in [0.2, 0.25) is 5.91 Å². The zero-order valence-electron chi connectivity index (χ0n) is 13.3. The molecule has 0 unspecified atom stereocenters. The van der Waals surface area contributed by atoms with Crippen molar-refractivity contribution in [2.45, 2.75) is 80.2 Å². The van der Waals surface area contributed by atoms with Gasteiger partial charge in [-0.05, 0) is 32.6 Å². The second-order valence-corrected chi connectivity index (χ2v) is 5.42. The maximum absolute atomic E-state index is 11.6. The lowest BCUT2D eigenvalue weighted by molar-refractivity contribution is -0.134. The number of hydrogen-bond acceptors (Lipinski definition) is 1. The van der Waals surface area contributed by atoms with Crippen LogP contribution in [0.5, 0.6) is 0 Å². The number of hydrogen-bond donors (Lipinski definition) is 0. The van der Waals surface area contributed by atoms with Gasteiger partial charge in [-0.15, -0.1) is 0 Å². The number of amides is 1. The summed E-state index contributed by atoms with van der Waals surface area (Å²) in [6.07, 6.45) is 3.29.